The highest BCUT2D eigenvalue weighted by Crippen LogP contribution is 2.26. The number of fused-ring (bicyclic) bond motifs is 1. The van der Waals surface area contributed by atoms with Crippen LogP contribution in [0.15, 0.2) is 57.9 Å². The van der Waals surface area contributed by atoms with Gasteiger partial charge in [0.1, 0.15) is 5.39 Å². The standard InChI is InChI=1S/C25H28BrN7O/c1-4-32-24(34)21-16-27-25(29-23(21)33(32)20-7-5-6-18(26)15-20)28-19-8-9-22(17(2)14-19)31-12-10-30(3)11-13-31/h5-9,14-16H,4,10-13H2,1-3H3,(H,27,28,29). The van der Waals surface area contributed by atoms with Crippen LogP contribution in [0.25, 0.3) is 16.7 Å². The summed E-state index contributed by atoms with van der Waals surface area (Å²) in [5.74, 6) is 0.455. The number of rotatable bonds is 5. The number of likely N-dealkylation sites (N-methyl/N-ethyl adjacent to an activating group) is 1. The molecule has 0 atom stereocenters. The van der Waals surface area contributed by atoms with Gasteiger partial charge in [-0.1, -0.05) is 22.0 Å². The number of anilines is 3. The Hall–Kier alpha value is -3.17. The molecule has 0 aliphatic carbocycles. The van der Waals surface area contributed by atoms with Gasteiger partial charge in [-0.05, 0) is 62.9 Å². The number of nitrogens with one attached hydrogen (secondary N) is 1. The quantitative estimate of drug-likeness (QED) is 0.425. The van der Waals surface area contributed by atoms with Crippen LogP contribution < -0.4 is 15.8 Å². The minimum atomic E-state index is -0.101. The fourth-order valence-electron chi connectivity index (χ4n) is 4.51. The zero-order valence-corrected chi connectivity index (χ0v) is 21.2. The topological polar surface area (TPSA) is 71.2 Å². The molecule has 5 rings (SSSR count). The first-order valence-electron chi connectivity index (χ1n) is 11.5. The number of hydrogen-bond donors (Lipinski definition) is 1. The predicted octanol–water partition coefficient (Wildman–Crippen LogP) is 4.17. The van der Waals surface area contributed by atoms with E-state index in [1.54, 1.807) is 10.9 Å². The third-order valence-electron chi connectivity index (χ3n) is 6.32. The zero-order valence-electron chi connectivity index (χ0n) is 19.6. The molecule has 0 bridgehead atoms. The third-order valence-corrected chi connectivity index (χ3v) is 6.82. The number of aromatic nitrogens is 4. The molecule has 9 heteroatoms. The van der Waals surface area contributed by atoms with Gasteiger partial charge in [0.25, 0.3) is 5.56 Å². The number of nitrogens with zero attached hydrogens (tertiary/aromatic N) is 6. The van der Waals surface area contributed by atoms with Crippen LogP contribution in [0.4, 0.5) is 17.3 Å². The van der Waals surface area contributed by atoms with Gasteiger partial charge in [0.05, 0.1) is 5.69 Å². The van der Waals surface area contributed by atoms with E-state index in [-0.39, 0.29) is 5.56 Å². The Morgan fingerprint density at radius 2 is 1.88 bits per heavy atom. The molecule has 1 aliphatic rings. The van der Waals surface area contributed by atoms with Crippen molar-refractivity contribution in [3.05, 3.63) is 69.1 Å². The molecule has 2 aromatic carbocycles. The van der Waals surface area contributed by atoms with Crippen LogP contribution in [0.2, 0.25) is 0 Å². The Balaban J connectivity index is 1.49. The molecular formula is C25H28BrN7O. The van der Waals surface area contributed by atoms with E-state index in [9.17, 15) is 4.79 Å². The van der Waals surface area contributed by atoms with Crippen LogP contribution in [0.5, 0.6) is 0 Å². The van der Waals surface area contributed by atoms with Gasteiger partial charge in [-0.15, -0.1) is 0 Å². The lowest BCUT2D eigenvalue weighted by Gasteiger charge is -2.35. The van der Waals surface area contributed by atoms with E-state index in [1.165, 1.54) is 11.3 Å². The Morgan fingerprint density at radius 1 is 1.09 bits per heavy atom. The summed E-state index contributed by atoms with van der Waals surface area (Å²) in [5, 5.41) is 3.82. The summed E-state index contributed by atoms with van der Waals surface area (Å²) in [4.78, 5) is 27.0. The first-order valence-corrected chi connectivity index (χ1v) is 12.3. The van der Waals surface area contributed by atoms with Gasteiger partial charge in [0.15, 0.2) is 5.65 Å². The van der Waals surface area contributed by atoms with Gasteiger partial charge in [-0.25, -0.2) is 14.3 Å². The summed E-state index contributed by atoms with van der Waals surface area (Å²) in [6, 6.07) is 14.2. The lowest BCUT2D eigenvalue weighted by Crippen LogP contribution is -2.44. The number of benzene rings is 2. The highest BCUT2D eigenvalue weighted by atomic mass is 79.9. The van der Waals surface area contributed by atoms with Crippen LogP contribution >= 0.6 is 15.9 Å². The third kappa shape index (κ3) is 4.21. The molecule has 1 aliphatic heterocycles. The summed E-state index contributed by atoms with van der Waals surface area (Å²) in [6.07, 6.45) is 1.61. The van der Waals surface area contributed by atoms with Gasteiger partial charge < -0.3 is 15.1 Å². The van der Waals surface area contributed by atoms with Crippen LogP contribution in [-0.2, 0) is 6.54 Å². The molecule has 0 saturated carbocycles. The molecule has 2 aromatic heterocycles. The van der Waals surface area contributed by atoms with Crippen molar-refractivity contribution in [2.45, 2.75) is 20.4 Å². The van der Waals surface area contributed by atoms with Gasteiger partial charge in [-0.3, -0.25) is 4.79 Å². The Kier molecular flexibility index (Phi) is 6.14. The normalized spacial score (nSPS) is 14.6. The second-order valence-corrected chi connectivity index (χ2v) is 9.58. The monoisotopic (exact) mass is 521 g/mol. The first kappa shape index (κ1) is 22.6. The van der Waals surface area contributed by atoms with Gasteiger partial charge >= 0.3 is 0 Å². The molecule has 8 nitrogen and oxygen atoms in total. The second-order valence-electron chi connectivity index (χ2n) is 8.66. The Morgan fingerprint density at radius 3 is 2.59 bits per heavy atom. The van der Waals surface area contributed by atoms with Crippen molar-refractivity contribution in [1.82, 2.24) is 24.2 Å². The van der Waals surface area contributed by atoms with Crippen molar-refractivity contribution in [2.24, 2.45) is 0 Å². The van der Waals surface area contributed by atoms with Crippen molar-refractivity contribution < 1.29 is 0 Å². The van der Waals surface area contributed by atoms with E-state index in [4.69, 9.17) is 4.98 Å². The number of halogens is 1. The minimum absolute atomic E-state index is 0.101. The highest BCUT2D eigenvalue weighted by Gasteiger charge is 2.18. The lowest BCUT2D eigenvalue weighted by molar-refractivity contribution is 0.312. The Labute approximate surface area is 206 Å². The molecule has 0 spiro atoms. The van der Waals surface area contributed by atoms with Crippen LogP contribution in [-0.4, -0.2) is 57.5 Å². The van der Waals surface area contributed by atoms with Crippen LogP contribution in [0.3, 0.4) is 0 Å². The van der Waals surface area contributed by atoms with Crippen molar-refractivity contribution in [3.63, 3.8) is 0 Å². The summed E-state index contributed by atoms with van der Waals surface area (Å²) >= 11 is 3.53. The summed E-state index contributed by atoms with van der Waals surface area (Å²) in [6.45, 7) is 8.82. The summed E-state index contributed by atoms with van der Waals surface area (Å²) < 4.78 is 4.47. The van der Waals surface area contributed by atoms with Gasteiger partial charge in [0.2, 0.25) is 5.95 Å². The molecule has 1 fully saturated rings. The van der Waals surface area contributed by atoms with E-state index in [0.29, 0.717) is 23.5 Å². The maximum atomic E-state index is 13.0. The molecule has 34 heavy (non-hydrogen) atoms. The molecule has 0 unspecified atom stereocenters. The molecular weight excluding hydrogens is 494 g/mol. The summed E-state index contributed by atoms with van der Waals surface area (Å²) in [5.41, 5.74) is 4.73. The van der Waals surface area contributed by atoms with E-state index in [0.717, 1.165) is 42.0 Å². The average molecular weight is 522 g/mol. The number of hydrogen-bond acceptors (Lipinski definition) is 6. The molecule has 0 amide bonds. The van der Waals surface area contributed by atoms with Crippen LogP contribution in [0, 0.1) is 6.92 Å². The molecule has 1 saturated heterocycles. The zero-order chi connectivity index (χ0) is 23.8. The maximum Gasteiger partial charge on any atom is 0.278 e. The van der Waals surface area contributed by atoms with Crippen molar-refractivity contribution in [3.8, 4) is 5.69 Å². The van der Waals surface area contributed by atoms with E-state index < -0.39 is 0 Å². The second kappa shape index (κ2) is 9.23. The smallest absolute Gasteiger partial charge is 0.278 e. The number of piperazine rings is 1. The summed E-state index contributed by atoms with van der Waals surface area (Å²) in [7, 11) is 2.17. The maximum absolute atomic E-state index is 13.0. The minimum Gasteiger partial charge on any atom is -0.369 e. The van der Waals surface area contributed by atoms with E-state index in [1.807, 2.05) is 35.9 Å². The molecule has 3 heterocycles. The predicted molar refractivity (Wildman–Crippen MR) is 141 cm³/mol. The molecule has 176 valence electrons. The molecule has 1 N–H and O–H groups in total. The molecule has 4 aromatic rings. The van der Waals surface area contributed by atoms with Crippen molar-refractivity contribution >= 4 is 44.3 Å². The lowest BCUT2D eigenvalue weighted by atomic mass is 10.1. The number of aryl methyl sites for hydroxylation is 1. The fourth-order valence-corrected chi connectivity index (χ4v) is 4.90. The highest BCUT2D eigenvalue weighted by molar-refractivity contribution is 9.10. The fraction of sp³-hybridized carbons (Fsp3) is 0.320. The average Bonchev–Trinajstić information content (AvgIpc) is 3.11. The van der Waals surface area contributed by atoms with Gasteiger partial charge in [0, 0.05) is 54.8 Å². The van der Waals surface area contributed by atoms with E-state index >= 15 is 0 Å². The first-order chi connectivity index (χ1) is 16.4. The molecule has 0 radical (unpaired) electrons. The SMILES string of the molecule is CCn1c(=O)c2cnc(Nc3ccc(N4CCN(C)CC4)c(C)c3)nc2n1-c1cccc(Br)c1. The van der Waals surface area contributed by atoms with E-state index in [2.05, 4.69) is 68.2 Å². The van der Waals surface area contributed by atoms with Crippen LogP contribution in [0.1, 0.15) is 12.5 Å². The largest absolute Gasteiger partial charge is 0.369 e. The van der Waals surface area contributed by atoms with Crippen molar-refractivity contribution in [1.29, 1.82) is 0 Å². The van der Waals surface area contributed by atoms with Gasteiger partial charge in [-0.2, -0.15) is 4.98 Å². The van der Waals surface area contributed by atoms with Crippen molar-refractivity contribution in [2.75, 3.05) is 43.4 Å². The Bertz CT molecular complexity index is 1400.